The van der Waals surface area contributed by atoms with Gasteiger partial charge in [-0.1, -0.05) is 12.1 Å². The maximum Gasteiger partial charge on any atom is 0.119 e. The normalized spacial score (nSPS) is 9.74. The Morgan fingerprint density at radius 1 is 1.16 bits per heavy atom. The van der Waals surface area contributed by atoms with E-state index < -0.39 is 0 Å². The van der Waals surface area contributed by atoms with Crippen molar-refractivity contribution < 1.29 is 4.74 Å². The van der Waals surface area contributed by atoms with E-state index >= 15 is 0 Å². The molecule has 0 aliphatic carbocycles. The Labute approximate surface area is 113 Å². The zero-order chi connectivity index (χ0) is 13.7. The summed E-state index contributed by atoms with van der Waals surface area (Å²) in [5, 5.41) is 12.4. The summed E-state index contributed by atoms with van der Waals surface area (Å²) in [5.74, 6) is 0.846. The van der Waals surface area contributed by atoms with Crippen molar-refractivity contribution in [3.05, 3.63) is 53.6 Å². The van der Waals surface area contributed by atoms with Gasteiger partial charge in [-0.2, -0.15) is 5.26 Å². The van der Waals surface area contributed by atoms with Gasteiger partial charge in [-0.15, -0.1) is 0 Å². The Morgan fingerprint density at radius 3 is 2.53 bits per heavy atom. The molecule has 19 heavy (non-hydrogen) atoms. The third-order valence-corrected chi connectivity index (χ3v) is 2.83. The van der Waals surface area contributed by atoms with Gasteiger partial charge >= 0.3 is 0 Å². The fraction of sp³-hybridized carbons (Fsp3) is 0.188. The molecule has 0 aliphatic rings. The number of nitrogens with zero attached hydrogens (tertiary/aromatic N) is 1. The van der Waals surface area contributed by atoms with Gasteiger partial charge in [0.2, 0.25) is 0 Å². The summed E-state index contributed by atoms with van der Waals surface area (Å²) in [4.78, 5) is 0. The number of aryl methyl sites for hydroxylation is 1. The maximum absolute atomic E-state index is 9.12. The van der Waals surface area contributed by atoms with E-state index in [9.17, 15) is 0 Å². The average molecular weight is 252 g/mol. The van der Waals surface area contributed by atoms with Crippen molar-refractivity contribution in [3.8, 4) is 11.8 Å². The van der Waals surface area contributed by atoms with Gasteiger partial charge in [-0.3, -0.25) is 0 Å². The zero-order valence-electron chi connectivity index (χ0n) is 11.1. The van der Waals surface area contributed by atoms with Gasteiger partial charge in [0.15, 0.2) is 0 Å². The largest absolute Gasteiger partial charge is 0.494 e. The van der Waals surface area contributed by atoms with E-state index in [0.717, 1.165) is 22.7 Å². The Morgan fingerprint density at radius 2 is 1.89 bits per heavy atom. The third-order valence-electron chi connectivity index (χ3n) is 2.83. The Bertz CT molecular complexity index is 597. The van der Waals surface area contributed by atoms with Gasteiger partial charge in [-0.05, 0) is 49.7 Å². The monoisotopic (exact) mass is 252 g/mol. The lowest BCUT2D eigenvalue weighted by Gasteiger charge is -2.12. The molecule has 0 radical (unpaired) electrons. The Balaban J connectivity index is 2.24. The number of hydrogen-bond donors (Lipinski definition) is 1. The molecular weight excluding hydrogens is 236 g/mol. The minimum atomic E-state index is 0.647. The van der Waals surface area contributed by atoms with E-state index in [4.69, 9.17) is 10.00 Å². The first-order valence-corrected chi connectivity index (χ1v) is 6.24. The van der Waals surface area contributed by atoms with Crippen LogP contribution in [0, 0.1) is 18.3 Å². The van der Waals surface area contributed by atoms with E-state index in [1.165, 1.54) is 0 Å². The molecule has 96 valence electrons. The second-order valence-electron chi connectivity index (χ2n) is 4.19. The van der Waals surface area contributed by atoms with Gasteiger partial charge in [0, 0.05) is 5.69 Å². The topological polar surface area (TPSA) is 45.0 Å². The summed E-state index contributed by atoms with van der Waals surface area (Å²) in [7, 11) is 0. The third kappa shape index (κ3) is 3.05. The Kier molecular flexibility index (Phi) is 4.04. The van der Waals surface area contributed by atoms with Crippen LogP contribution in [-0.2, 0) is 0 Å². The number of rotatable bonds is 4. The summed E-state index contributed by atoms with van der Waals surface area (Å²) < 4.78 is 5.40. The van der Waals surface area contributed by atoms with Crippen LogP contribution in [0.5, 0.6) is 5.75 Å². The highest BCUT2D eigenvalue weighted by Gasteiger charge is 2.05. The molecule has 0 saturated heterocycles. The van der Waals surface area contributed by atoms with Crippen LogP contribution in [0.1, 0.15) is 18.1 Å². The average Bonchev–Trinajstić information content (AvgIpc) is 2.43. The molecule has 2 rings (SSSR count). The minimum Gasteiger partial charge on any atom is -0.494 e. The van der Waals surface area contributed by atoms with Gasteiger partial charge in [0.05, 0.1) is 17.9 Å². The van der Waals surface area contributed by atoms with Crippen LogP contribution in [-0.4, -0.2) is 6.61 Å². The highest BCUT2D eigenvalue weighted by Crippen LogP contribution is 2.25. The number of benzene rings is 2. The maximum atomic E-state index is 9.12. The first kappa shape index (κ1) is 13.0. The molecule has 2 aromatic rings. The number of hydrogen-bond acceptors (Lipinski definition) is 3. The van der Waals surface area contributed by atoms with Gasteiger partial charge in [0.1, 0.15) is 11.8 Å². The predicted octanol–water partition coefficient (Wildman–Crippen LogP) is 4.01. The van der Waals surface area contributed by atoms with E-state index in [2.05, 4.69) is 11.4 Å². The van der Waals surface area contributed by atoms with Gasteiger partial charge < -0.3 is 10.1 Å². The molecule has 0 bridgehead atoms. The lowest BCUT2D eigenvalue weighted by atomic mass is 10.1. The molecule has 0 spiro atoms. The summed E-state index contributed by atoms with van der Waals surface area (Å²) in [6, 6.07) is 15.6. The summed E-state index contributed by atoms with van der Waals surface area (Å²) in [6.07, 6.45) is 0. The molecule has 0 heterocycles. The predicted molar refractivity (Wildman–Crippen MR) is 76.8 cm³/mol. The minimum absolute atomic E-state index is 0.647. The zero-order valence-corrected chi connectivity index (χ0v) is 11.1. The lowest BCUT2D eigenvalue weighted by Crippen LogP contribution is -1.97. The summed E-state index contributed by atoms with van der Waals surface area (Å²) >= 11 is 0. The molecule has 0 saturated carbocycles. The molecule has 3 heteroatoms. The molecule has 0 atom stereocenters. The molecule has 0 amide bonds. The van der Waals surface area contributed by atoms with Gasteiger partial charge in [0.25, 0.3) is 0 Å². The molecule has 0 aliphatic heterocycles. The van der Waals surface area contributed by atoms with Crippen LogP contribution in [0.15, 0.2) is 42.5 Å². The fourth-order valence-electron chi connectivity index (χ4n) is 1.87. The second-order valence-corrected chi connectivity index (χ2v) is 4.19. The number of para-hydroxylation sites is 1. The number of ether oxygens (including phenoxy) is 1. The fourth-order valence-corrected chi connectivity index (χ4v) is 1.87. The smallest absolute Gasteiger partial charge is 0.119 e. The van der Waals surface area contributed by atoms with Crippen molar-refractivity contribution in [2.75, 3.05) is 11.9 Å². The first-order valence-electron chi connectivity index (χ1n) is 6.24. The van der Waals surface area contributed by atoms with Crippen molar-refractivity contribution in [3.63, 3.8) is 0 Å². The van der Waals surface area contributed by atoms with Crippen molar-refractivity contribution in [2.45, 2.75) is 13.8 Å². The number of nitriles is 1. The highest BCUT2D eigenvalue weighted by atomic mass is 16.5. The summed E-state index contributed by atoms with van der Waals surface area (Å²) in [5.41, 5.74) is 3.49. The van der Waals surface area contributed by atoms with E-state index in [0.29, 0.717) is 12.2 Å². The van der Waals surface area contributed by atoms with E-state index in [1.807, 2.05) is 56.3 Å². The van der Waals surface area contributed by atoms with Crippen molar-refractivity contribution in [1.82, 2.24) is 0 Å². The van der Waals surface area contributed by atoms with Crippen LogP contribution in [0.4, 0.5) is 11.4 Å². The number of anilines is 2. The number of nitrogens with one attached hydrogen (secondary N) is 1. The van der Waals surface area contributed by atoms with E-state index in [-0.39, 0.29) is 0 Å². The molecule has 0 aromatic heterocycles. The highest BCUT2D eigenvalue weighted by molar-refractivity contribution is 5.70. The van der Waals surface area contributed by atoms with Crippen LogP contribution < -0.4 is 10.1 Å². The van der Waals surface area contributed by atoms with E-state index in [1.54, 1.807) is 0 Å². The van der Waals surface area contributed by atoms with Crippen molar-refractivity contribution in [2.24, 2.45) is 0 Å². The molecule has 3 nitrogen and oxygen atoms in total. The van der Waals surface area contributed by atoms with Crippen LogP contribution >= 0.6 is 0 Å². The van der Waals surface area contributed by atoms with Crippen LogP contribution in [0.25, 0.3) is 0 Å². The first-order chi connectivity index (χ1) is 9.24. The standard InChI is InChI=1S/C16H16N2O/c1-3-19-15-9-7-14(8-10-15)18-16-12(2)5-4-6-13(16)11-17/h4-10,18H,3H2,1-2H3. The molecule has 0 unspecified atom stereocenters. The quantitative estimate of drug-likeness (QED) is 0.894. The van der Waals surface area contributed by atoms with Crippen LogP contribution in [0.3, 0.4) is 0 Å². The van der Waals surface area contributed by atoms with Crippen molar-refractivity contribution >= 4 is 11.4 Å². The van der Waals surface area contributed by atoms with Crippen LogP contribution in [0.2, 0.25) is 0 Å². The SMILES string of the molecule is CCOc1ccc(Nc2c(C)cccc2C#N)cc1. The second kappa shape index (κ2) is 5.92. The molecule has 1 N–H and O–H groups in total. The summed E-state index contributed by atoms with van der Waals surface area (Å²) in [6.45, 7) is 4.60. The lowest BCUT2D eigenvalue weighted by molar-refractivity contribution is 0.340. The van der Waals surface area contributed by atoms with Gasteiger partial charge in [-0.25, -0.2) is 0 Å². The van der Waals surface area contributed by atoms with Crippen molar-refractivity contribution in [1.29, 1.82) is 5.26 Å². The molecule has 2 aromatic carbocycles. The molecular formula is C16H16N2O. The Hall–Kier alpha value is -2.47. The molecule has 0 fully saturated rings.